The van der Waals surface area contributed by atoms with Gasteiger partial charge in [-0.3, -0.25) is 0 Å². The Kier molecular flexibility index (Phi) is 5.96. The zero-order valence-electron chi connectivity index (χ0n) is 9.59. The van der Waals surface area contributed by atoms with Crippen LogP contribution in [0.4, 0.5) is 0 Å². The van der Waals surface area contributed by atoms with Crippen molar-refractivity contribution < 1.29 is 0 Å². The fourth-order valence-corrected chi connectivity index (χ4v) is 1.86. The Morgan fingerprint density at radius 3 is 2.27 bits per heavy atom. The van der Waals surface area contributed by atoms with Crippen LogP contribution in [0.2, 0.25) is 0 Å². The highest BCUT2D eigenvalue weighted by Gasteiger charge is 2.01. The van der Waals surface area contributed by atoms with Crippen LogP contribution in [0.5, 0.6) is 0 Å². The Bertz CT molecular complexity index is 264. The molecular formula is C13H20BrN. The first-order valence-electron chi connectivity index (χ1n) is 5.71. The van der Waals surface area contributed by atoms with Crippen molar-refractivity contribution in [3.63, 3.8) is 0 Å². The first-order chi connectivity index (χ1) is 7.26. The van der Waals surface area contributed by atoms with Crippen molar-refractivity contribution in [2.45, 2.75) is 33.2 Å². The summed E-state index contributed by atoms with van der Waals surface area (Å²) >= 11 is 3.44. The van der Waals surface area contributed by atoms with E-state index < -0.39 is 0 Å². The van der Waals surface area contributed by atoms with E-state index in [1.807, 2.05) is 0 Å². The molecule has 0 aromatic heterocycles. The van der Waals surface area contributed by atoms with Crippen LogP contribution in [0.15, 0.2) is 28.7 Å². The van der Waals surface area contributed by atoms with E-state index in [-0.39, 0.29) is 0 Å². The molecule has 0 spiro atoms. The highest BCUT2D eigenvalue weighted by molar-refractivity contribution is 9.10. The number of hydrogen-bond acceptors (Lipinski definition) is 1. The van der Waals surface area contributed by atoms with Crippen molar-refractivity contribution >= 4 is 15.9 Å². The maximum absolute atomic E-state index is 3.51. The Morgan fingerprint density at radius 1 is 1.13 bits per heavy atom. The molecule has 0 aliphatic carbocycles. The molecule has 0 amide bonds. The molecule has 0 bridgehead atoms. The average Bonchev–Trinajstić information content (AvgIpc) is 2.27. The second-order valence-corrected chi connectivity index (χ2v) is 4.86. The molecule has 0 heterocycles. The third-order valence-corrected chi connectivity index (χ3v) is 3.36. The van der Waals surface area contributed by atoms with Crippen LogP contribution in [-0.2, 0) is 6.54 Å². The number of benzene rings is 1. The molecule has 84 valence electrons. The summed E-state index contributed by atoms with van der Waals surface area (Å²) < 4.78 is 1.14. The van der Waals surface area contributed by atoms with Gasteiger partial charge in [-0.25, -0.2) is 0 Å². The lowest BCUT2D eigenvalue weighted by molar-refractivity contribution is 0.449. The first-order valence-corrected chi connectivity index (χ1v) is 6.50. The summed E-state index contributed by atoms with van der Waals surface area (Å²) in [4.78, 5) is 0. The van der Waals surface area contributed by atoms with E-state index in [9.17, 15) is 0 Å². The van der Waals surface area contributed by atoms with E-state index in [2.05, 4.69) is 59.4 Å². The summed E-state index contributed by atoms with van der Waals surface area (Å²) in [6.07, 6.45) is 2.54. The SMILES string of the molecule is CCC(CC)CNCc1ccc(Br)cc1. The molecule has 1 rings (SSSR count). The molecule has 15 heavy (non-hydrogen) atoms. The van der Waals surface area contributed by atoms with Gasteiger partial charge in [-0.1, -0.05) is 54.8 Å². The number of halogens is 1. The van der Waals surface area contributed by atoms with Gasteiger partial charge < -0.3 is 5.32 Å². The van der Waals surface area contributed by atoms with Crippen molar-refractivity contribution in [1.29, 1.82) is 0 Å². The number of rotatable bonds is 6. The van der Waals surface area contributed by atoms with Gasteiger partial charge in [-0.15, -0.1) is 0 Å². The molecule has 0 radical (unpaired) electrons. The summed E-state index contributed by atoms with van der Waals surface area (Å²) in [6.45, 7) is 6.62. The molecule has 0 fully saturated rings. The minimum atomic E-state index is 0.820. The van der Waals surface area contributed by atoms with Crippen LogP contribution in [0.25, 0.3) is 0 Å². The fourth-order valence-electron chi connectivity index (χ4n) is 1.60. The van der Waals surface area contributed by atoms with Crippen molar-refractivity contribution in [2.75, 3.05) is 6.54 Å². The number of nitrogens with one attached hydrogen (secondary N) is 1. The second kappa shape index (κ2) is 7.02. The van der Waals surface area contributed by atoms with E-state index in [0.29, 0.717) is 0 Å². The third-order valence-electron chi connectivity index (χ3n) is 2.83. The topological polar surface area (TPSA) is 12.0 Å². The number of hydrogen-bond donors (Lipinski definition) is 1. The molecule has 0 saturated carbocycles. The monoisotopic (exact) mass is 269 g/mol. The average molecular weight is 270 g/mol. The van der Waals surface area contributed by atoms with E-state index in [0.717, 1.165) is 23.5 Å². The first kappa shape index (κ1) is 12.7. The van der Waals surface area contributed by atoms with Crippen LogP contribution in [-0.4, -0.2) is 6.54 Å². The minimum Gasteiger partial charge on any atom is -0.312 e. The summed E-state index contributed by atoms with van der Waals surface area (Å²) in [7, 11) is 0. The Labute approximate surface area is 101 Å². The van der Waals surface area contributed by atoms with Gasteiger partial charge in [0.1, 0.15) is 0 Å². The van der Waals surface area contributed by atoms with E-state index in [1.165, 1.54) is 18.4 Å². The van der Waals surface area contributed by atoms with Crippen molar-refractivity contribution in [1.82, 2.24) is 5.32 Å². The highest BCUT2D eigenvalue weighted by Crippen LogP contribution is 2.10. The smallest absolute Gasteiger partial charge is 0.0205 e. The largest absolute Gasteiger partial charge is 0.312 e. The predicted octanol–water partition coefficient (Wildman–Crippen LogP) is 3.97. The van der Waals surface area contributed by atoms with Gasteiger partial charge >= 0.3 is 0 Å². The molecular weight excluding hydrogens is 250 g/mol. The zero-order chi connectivity index (χ0) is 11.1. The molecule has 1 nitrogen and oxygen atoms in total. The van der Waals surface area contributed by atoms with Crippen LogP contribution in [0.3, 0.4) is 0 Å². The quantitative estimate of drug-likeness (QED) is 0.824. The molecule has 0 atom stereocenters. The Balaban J connectivity index is 2.28. The lowest BCUT2D eigenvalue weighted by atomic mass is 10.0. The van der Waals surface area contributed by atoms with Crippen molar-refractivity contribution in [3.05, 3.63) is 34.3 Å². The van der Waals surface area contributed by atoms with E-state index in [1.54, 1.807) is 0 Å². The standard InChI is InChI=1S/C13H20BrN/c1-3-11(4-2)9-15-10-12-5-7-13(14)8-6-12/h5-8,11,15H,3-4,9-10H2,1-2H3. The normalized spacial score (nSPS) is 10.9. The molecule has 0 aliphatic heterocycles. The second-order valence-electron chi connectivity index (χ2n) is 3.94. The summed E-state index contributed by atoms with van der Waals surface area (Å²) in [6, 6.07) is 8.50. The van der Waals surface area contributed by atoms with Gasteiger partial charge in [0.2, 0.25) is 0 Å². The van der Waals surface area contributed by atoms with Crippen molar-refractivity contribution in [2.24, 2.45) is 5.92 Å². The van der Waals surface area contributed by atoms with Crippen LogP contribution < -0.4 is 5.32 Å². The minimum absolute atomic E-state index is 0.820. The molecule has 1 N–H and O–H groups in total. The highest BCUT2D eigenvalue weighted by atomic mass is 79.9. The van der Waals surface area contributed by atoms with Crippen molar-refractivity contribution in [3.8, 4) is 0 Å². The van der Waals surface area contributed by atoms with Gasteiger partial charge in [-0.2, -0.15) is 0 Å². The maximum Gasteiger partial charge on any atom is 0.0205 e. The summed E-state index contributed by atoms with van der Waals surface area (Å²) in [5.41, 5.74) is 1.35. The van der Waals surface area contributed by atoms with Crippen LogP contribution >= 0.6 is 15.9 Å². The Morgan fingerprint density at radius 2 is 1.73 bits per heavy atom. The van der Waals surface area contributed by atoms with Gasteiger partial charge in [-0.05, 0) is 30.2 Å². The van der Waals surface area contributed by atoms with E-state index >= 15 is 0 Å². The zero-order valence-corrected chi connectivity index (χ0v) is 11.2. The summed E-state index contributed by atoms with van der Waals surface area (Å²) in [5.74, 6) is 0.820. The van der Waals surface area contributed by atoms with Gasteiger partial charge in [0.05, 0.1) is 0 Å². The predicted molar refractivity (Wildman–Crippen MR) is 69.9 cm³/mol. The molecule has 1 aromatic rings. The van der Waals surface area contributed by atoms with Crippen LogP contribution in [0, 0.1) is 5.92 Å². The molecule has 2 heteroatoms. The lowest BCUT2D eigenvalue weighted by Gasteiger charge is -2.13. The molecule has 0 aliphatic rings. The van der Waals surface area contributed by atoms with E-state index in [4.69, 9.17) is 0 Å². The van der Waals surface area contributed by atoms with Gasteiger partial charge in [0.15, 0.2) is 0 Å². The fraction of sp³-hybridized carbons (Fsp3) is 0.538. The molecule has 0 unspecified atom stereocenters. The lowest BCUT2D eigenvalue weighted by Crippen LogP contribution is -2.21. The van der Waals surface area contributed by atoms with Gasteiger partial charge in [0, 0.05) is 11.0 Å². The maximum atomic E-state index is 3.51. The Hall–Kier alpha value is -0.340. The summed E-state index contributed by atoms with van der Waals surface area (Å²) in [5, 5.41) is 3.51. The third kappa shape index (κ3) is 4.80. The molecule has 1 aromatic carbocycles. The van der Waals surface area contributed by atoms with Crippen LogP contribution in [0.1, 0.15) is 32.3 Å². The molecule has 0 saturated heterocycles. The van der Waals surface area contributed by atoms with Gasteiger partial charge in [0.25, 0.3) is 0 Å².